The normalized spacial score (nSPS) is 15.3. The number of nitrogens with one attached hydrogen (secondary N) is 1. The Balaban J connectivity index is 1.30. The molecule has 144 valence electrons. The predicted octanol–water partition coefficient (Wildman–Crippen LogP) is 2.88. The van der Waals surface area contributed by atoms with Crippen molar-refractivity contribution in [1.29, 1.82) is 0 Å². The quantitative estimate of drug-likeness (QED) is 0.581. The summed E-state index contributed by atoms with van der Waals surface area (Å²) in [6.45, 7) is 2.02. The number of hydrogen-bond acceptors (Lipinski definition) is 6. The minimum Gasteiger partial charge on any atom is -0.485 e. The second-order valence-electron chi connectivity index (χ2n) is 6.67. The van der Waals surface area contributed by atoms with E-state index in [1.807, 2.05) is 61.5 Å². The molecule has 29 heavy (non-hydrogen) atoms. The van der Waals surface area contributed by atoms with Gasteiger partial charge in [0.05, 0.1) is 5.69 Å². The lowest BCUT2D eigenvalue weighted by Gasteiger charge is -2.25. The summed E-state index contributed by atoms with van der Waals surface area (Å²) in [7, 11) is 0. The van der Waals surface area contributed by atoms with E-state index in [4.69, 9.17) is 9.47 Å². The molecule has 1 aliphatic heterocycles. The summed E-state index contributed by atoms with van der Waals surface area (Å²) in [5, 5.41) is 15.5. The maximum atomic E-state index is 12.5. The molecule has 0 aliphatic carbocycles. The van der Waals surface area contributed by atoms with Crippen LogP contribution in [0.15, 0.2) is 60.7 Å². The molecule has 2 aromatic carbocycles. The van der Waals surface area contributed by atoms with Crippen molar-refractivity contribution in [2.75, 3.05) is 11.9 Å². The van der Waals surface area contributed by atoms with E-state index in [9.17, 15) is 4.79 Å². The number of rotatable bonds is 3. The Labute approximate surface area is 166 Å². The molecule has 0 radical (unpaired) electrons. The number of carbonyl (C=O) groups excluding carboxylic acids is 1. The molecule has 0 saturated heterocycles. The molecule has 4 aromatic rings. The van der Waals surface area contributed by atoms with Crippen molar-refractivity contribution in [3.63, 3.8) is 0 Å². The van der Waals surface area contributed by atoms with Gasteiger partial charge < -0.3 is 14.8 Å². The number of aromatic nitrogens is 4. The van der Waals surface area contributed by atoms with Crippen LogP contribution in [0.25, 0.3) is 16.9 Å². The highest BCUT2D eigenvalue weighted by Gasteiger charge is 2.27. The van der Waals surface area contributed by atoms with Crippen LogP contribution in [0.2, 0.25) is 0 Å². The number of ether oxygens (including phenoxy) is 2. The van der Waals surface area contributed by atoms with Gasteiger partial charge >= 0.3 is 0 Å². The largest absolute Gasteiger partial charge is 0.485 e. The second-order valence-corrected chi connectivity index (χ2v) is 6.67. The third kappa shape index (κ3) is 3.25. The van der Waals surface area contributed by atoms with Crippen molar-refractivity contribution in [2.45, 2.75) is 13.0 Å². The number of anilines is 1. The van der Waals surface area contributed by atoms with Crippen LogP contribution in [0, 0.1) is 6.92 Å². The minimum atomic E-state index is -0.703. The third-order valence-corrected chi connectivity index (χ3v) is 4.67. The Morgan fingerprint density at radius 2 is 1.83 bits per heavy atom. The first kappa shape index (κ1) is 17.2. The van der Waals surface area contributed by atoms with Gasteiger partial charge in [-0.2, -0.15) is 9.61 Å². The molecule has 3 heterocycles. The van der Waals surface area contributed by atoms with Crippen LogP contribution in [0.5, 0.6) is 11.5 Å². The maximum absolute atomic E-state index is 12.5. The maximum Gasteiger partial charge on any atom is 0.269 e. The fourth-order valence-corrected chi connectivity index (χ4v) is 3.15. The van der Waals surface area contributed by atoms with Gasteiger partial charge in [0.25, 0.3) is 5.91 Å². The summed E-state index contributed by atoms with van der Waals surface area (Å²) < 4.78 is 13.0. The Kier molecular flexibility index (Phi) is 4.09. The van der Waals surface area contributed by atoms with Gasteiger partial charge in [-0.25, -0.2) is 0 Å². The van der Waals surface area contributed by atoms with Crippen molar-refractivity contribution in [3.05, 3.63) is 66.5 Å². The standard InChI is InChI=1S/C21H17N5O3/c1-13-23-24-20-11-10-16(25-26(13)20)14-6-8-15(9-7-14)22-21(27)19-12-28-17-4-2-3-5-18(17)29-19/h2-11,19H,12H2,1H3,(H,22,27). The number of benzene rings is 2. The predicted molar refractivity (Wildman–Crippen MR) is 106 cm³/mol. The number of para-hydroxylation sites is 2. The SMILES string of the molecule is Cc1nnc2ccc(-c3ccc(NC(=O)C4COc5ccccc5O4)cc3)nn12. The van der Waals surface area contributed by atoms with E-state index in [2.05, 4.69) is 20.6 Å². The summed E-state index contributed by atoms with van der Waals surface area (Å²) in [5.74, 6) is 1.68. The summed E-state index contributed by atoms with van der Waals surface area (Å²) >= 11 is 0. The van der Waals surface area contributed by atoms with E-state index in [-0.39, 0.29) is 12.5 Å². The average molecular weight is 387 g/mol. The van der Waals surface area contributed by atoms with Crippen LogP contribution in [-0.4, -0.2) is 38.4 Å². The zero-order valence-electron chi connectivity index (χ0n) is 15.6. The van der Waals surface area contributed by atoms with Gasteiger partial charge in [-0.3, -0.25) is 4.79 Å². The third-order valence-electron chi connectivity index (χ3n) is 4.67. The zero-order valence-corrected chi connectivity index (χ0v) is 15.6. The first-order valence-corrected chi connectivity index (χ1v) is 9.16. The van der Waals surface area contributed by atoms with Crippen LogP contribution in [0.1, 0.15) is 5.82 Å². The Bertz CT molecular complexity index is 1200. The number of fused-ring (bicyclic) bond motifs is 2. The summed E-state index contributed by atoms with van der Waals surface area (Å²) in [6.07, 6.45) is -0.703. The fraction of sp³-hybridized carbons (Fsp3) is 0.143. The highest BCUT2D eigenvalue weighted by atomic mass is 16.6. The smallest absolute Gasteiger partial charge is 0.269 e. The van der Waals surface area contributed by atoms with Crippen molar-refractivity contribution in [2.24, 2.45) is 0 Å². The topological polar surface area (TPSA) is 90.6 Å². The molecule has 0 bridgehead atoms. The number of aryl methyl sites for hydroxylation is 1. The monoisotopic (exact) mass is 387 g/mol. The van der Waals surface area contributed by atoms with Crippen LogP contribution in [0.4, 0.5) is 5.69 Å². The molecule has 1 aliphatic rings. The van der Waals surface area contributed by atoms with E-state index in [0.717, 1.165) is 17.1 Å². The van der Waals surface area contributed by atoms with E-state index >= 15 is 0 Å². The lowest BCUT2D eigenvalue weighted by molar-refractivity contribution is -0.125. The van der Waals surface area contributed by atoms with Gasteiger partial charge in [0.15, 0.2) is 23.0 Å². The molecule has 2 aromatic heterocycles. The number of carbonyl (C=O) groups is 1. The molecule has 8 nitrogen and oxygen atoms in total. The first-order valence-electron chi connectivity index (χ1n) is 9.16. The van der Waals surface area contributed by atoms with Crippen molar-refractivity contribution in [1.82, 2.24) is 19.8 Å². The van der Waals surface area contributed by atoms with E-state index in [1.54, 1.807) is 10.6 Å². The van der Waals surface area contributed by atoms with E-state index in [0.29, 0.717) is 22.8 Å². The van der Waals surface area contributed by atoms with Crippen molar-refractivity contribution in [3.8, 4) is 22.8 Å². The highest BCUT2D eigenvalue weighted by Crippen LogP contribution is 2.31. The van der Waals surface area contributed by atoms with Gasteiger partial charge in [0.1, 0.15) is 6.61 Å². The van der Waals surface area contributed by atoms with Crippen LogP contribution < -0.4 is 14.8 Å². The van der Waals surface area contributed by atoms with Gasteiger partial charge in [0, 0.05) is 11.3 Å². The van der Waals surface area contributed by atoms with Crippen molar-refractivity contribution < 1.29 is 14.3 Å². The molecule has 1 atom stereocenters. The highest BCUT2D eigenvalue weighted by molar-refractivity contribution is 5.95. The molecule has 1 unspecified atom stereocenters. The molecule has 1 N–H and O–H groups in total. The first-order chi connectivity index (χ1) is 14.2. The van der Waals surface area contributed by atoms with Crippen LogP contribution in [-0.2, 0) is 4.79 Å². The van der Waals surface area contributed by atoms with E-state index in [1.165, 1.54) is 0 Å². The van der Waals surface area contributed by atoms with Gasteiger partial charge in [-0.1, -0.05) is 24.3 Å². The summed E-state index contributed by atoms with van der Waals surface area (Å²) in [6, 6.07) is 18.5. The molecule has 1 amide bonds. The number of hydrogen-bond donors (Lipinski definition) is 1. The second kappa shape index (κ2) is 6.90. The van der Waals surface area contributed by atoms with Gasteiger partial charge in [0.2, 0.25) is 6.10 Å². The molecule has 8 heteroatoms. The van der Waals surface area contributed by atoms with Crippen molar-refractivity contribution >= 4 is 17.2 Å². The lowest BCUT2D eigenvalue weighted by atomic mass is 10.1. The summed E-state index contributed by atoms with van der Waals surface area (Å²) in [4.78, 5) is 12.5. The Morgan fingerprint density at radius 1 is 1.03 bits per heavy atom. The van der Waals surface area contributed by atoms with Gasteiger partial charge in [-0.15, -0.1) is 10.2 Å². The molecular formula is C21H17N5O3. The molecule has 0 spiro atoms. The summed E-state index contributed by atoms with van der Waals surface area (Å²) in [5.41, 5.74) is 3.08. The van der Waals surface area contributed by atoms with E-state index < -0.39 is 6.10 Å². The number of nitrogens with zero attached hydrogens (tertiary/aromatic N) is 4. The molecule has 5 rings (SSSR count). The molecular weight excluding hydrogens is 370 g/mol. The number of amides is 1. The van der Waals surface area contributed by atoms with Crippen LogP contribution in [0.3, 0.4) is 0 Å². The Hall–Kier alpha value is -3.94. The minimum absolute atomic E-state index is 0.170. The van der Waals surface area contributed by atoms with Crippen LogP contribution >= 0.6 is 0 Å². The molecule has 0 saturated carbocycles. The molecule has 0 fully saturated rings. The average Bonchev–Trinajstić information content (AvgIpc) is 3.14. The fourth-order valence-electron chi connectivity index (χ4n) is 3.15. The zero-order chi connectivity index (χ0) is 19.8. The Morgan fingerprint density at radius 3 is 2.66 bits per heavy atom. The van der Waals surface area contributed by atoms with Gasteiger partial charge in [-0.05, 0) is 43.3 Å². The lowest BCUT2D eigenvalue weighted by Crippen LogP contribution is -2.40.